The molecule has 0 spiro atoms. The highest BCUT2D eigenvalue weighted by Gasteiger charge is 2.27. The van der Waals surface area contributed by atoms with Crippen molar-refractivity contribution in [3.8, 4) is 0 Å². The van der Waals surface area contributed by atoms with E-state index < -0.39 is 10.8 Å². The summed E-state index contributed by atoms with van der Waals surface area (Å²) in [5, 5.41) is 0.566. The average molecular weight is 217 g/mol. The normalized spacial score (nSPS) is 33.4. The van der Waals surface area contributed by atoms with Crippen molar-refractivity contribution in [1.29, 1.82) is 0 Å². The molecule has 1 aliphatic rings. The van der Waals surface area contributed by atoms with E-state index in [2.05, 4.69) is 13.8 Å². The molecule has 1 fully saturated rings. The first kappa shape index (κ1) is 12.2. The topological polar surface area (TPSA) is 43.1 Å². The van der Waals surface area contributed by atoms with Crippen molar-refractivity contribution in [3.05, 3.63) is 0 Å². The van der Waals surface area contributed by atoms with Gasteiger partial charge in [0.05, 0.1) is 5.25 Å². The molecule has 0 heterocycles. The minimum atomic E-state index is -0.717. The fourth-order valence-electron chi connectivity index (χ4n) is 2.05. The van der Waals surface area contributed by atoms with Crippen LogP contribution in [0.3, 0.4) is 0 Å². The molecule has 1 aliphatic carbocycles. The number of nitrogens with two attached hydrogens (primary N) is 1. The molecule has 14 heavy (non-hydrogen) atoms. The first-order valence-corrected chi connectivity index (χ1v) is 7.09. The van der Waals surface area contributed by atoms with Crippen molar-refractivity contribution in [1.82, 2.24) is 0 Å². The molecule has 1 saturated carbocycles. The van der Waals surface area contributed by atoms with Crippen LogP contribution in [0, 0.1) is 0 Å². The Morgan fingerprint density at radius 2 is 2.00 bits per heavy atom. The van der Waals surface area contributed by atoms with Gasteiger partial charge in [-0.3, -0.25) is 4.21 Å². The molecule has 4 atom stereocenters. The van der Waals surface area contributed by atoms with Crippen LogP contribution in [0.5, 0.6) is 0 Å². The molecule has 2 N–H and O–H groups in total. The summed E-state index contributed by atoms with van der Waals surface area (Å²) in [7, 11) is -0.717. The Labute approximate surface area is 90.1 Å². The monoisotopic (exact) mass is 217 g/mol. The third-order valence-electron chi connectivity index (χ3n) is 3.27. The van der Waals surface area contributed by atoms with Gasteiger partial charge < -0.3 is 5.73 Å². The zero-order valence-electron chi connectivity index (χ0n) is 9.37. The zero-order valence-corrected chi connectivity index (χ0v) is 10.2. The highest BCUT2D eigenvalue weighted by Crippen LogP contribution is 2.23. The minimum absolute atomic E-state index is 0.173. The summed E-state index contributed by atoms with van der Waals surface area (Å²) in [6, 6.07) is 0.173. The zero-order chi connectivity index (χ0) is 10.6. The predicted octanol–water partition coefficient (Wildman–Crippen LogP) is 2.19. The van der Waals surface area contributed by atoms with Crippen LogP contribution < -0.4 is 5.73 Å². The summed E-state index contributed by atoms with van der Waals surface area (Å²) in [4.78, 5) is 0. The van der Waals surface area contributed by atoms with Crippen LogP contribution in [0.2, 0.25) is 0 Å². The smallest absolute Gasteiger partial charge is 0.0501 e. The van der Waals surface area contributed by atoms with E-state index in [0.29, 0.717) is 5.25 Å². The van der Waals surface area contributed by atoms with E-state index in [4.69, 9.17) is 5.73 Å². The maximum atomic E-state index is 12.1. The van der Waals surface area contributed by atoms with Gasteiger partial charge in [-0.2, -0.15) is 0 Å². The van der Waals surface area contributed by atoms with Gasteiger partial charge in [-0.25, -0.2) is 0 Å². The van der Waals surface area contributed by atoms with Crippen LogP contribution in [0.25, 0.3) is 0 Å². The molecule has 0 bridgehead atoms. The van der Waals surface area contributed by atoms with E-state index in [9.17, 15) is 4.21 Å². The molecular weight excluding hydrogens is 194 g/mol. The summed E-state index contributed by atoms with van der Waals surface area (Å²) in [6.45, 7) is 4.18. The third-order valence-corrected chi connectivity index (χ3v) is 5.58. The largest absolute Gasteiger partial charge is 0.327 e. The SMILES string of the molecule is CCC(C)S(=O)C1CCCCCC1N. The summed E-state index contributed by atoms with van der Waals surface area (Å²) in [5.41, 5.74) is 6.08. The first-order valence-electron chi connectivity index (χ1n) is 5.81. The Bertz CT molecular complexity index is 196. The van der Waals surface area contributed by atoms with Crippen LogP contribution in [-0.4, -0.2) is 20.8 Å². The van der Waals surface area contributed by atoms with Crippen molar-refractivity contribution in [2.75, 3.05) is 0 Å². The highest BCUT2D eigenvalue weighted by atomic mass is 32.2. The van der Waals surface area contributed by atoms with Crippen molar-refractivity contribution < 1.29 is 4.21 Å². The van der Waals surface area contributed by atoms with Crippen LogP contribution in [0.15, 0.2) is 0 Å². The van der Waals surface area contributed by atoms with E-state index in [1.165, 1.54) is 19.3 Å². The van der Waals surface area contributed by atoms with Gasteiger partial charge in [-0.15, -0.1) is 0 Å². The van der Waals surface area contributed by atoms with E-state index in [0.717, 1.165) is 19.3 Å². The number of rotatable bonds is 3. The van der Waals surface area contributed by atoms with E-state index in [1.807, 2.05) is 0 Å². The van der Waals surface area contributed by atoms with E-state index >= 15 is 0 Å². The Hall–Kier alpha value is 0.110. The van der Waals surface area contributed by atoms with Crippen molar-refractivity contribution in [3.63, 3.8) is 0 Å². The van der Waals surface area contributed by atoms with Crippen molar-refractivity contribution in [2.45, 2.75) is 68.9 Å². The minimum Gasteiger partial charge on any atom is -0.327 e. The van der Waals surface area contributed by atoms with Gasteiger partial charge in [0, 0.05) is 22.1 Å². The Morgan fingerprint density at radius 1 is 1.36 bits per heavy atom. The van der Waals surface area contributed by atoms with Crippen LogP contribution >= 0.6 is 0 Å². The van der Waals surface area contributed by atoms with Crippen LogP contribution in [0.1, 0.15) is 52.4 Å². The van der Waals surface area contributed by atoms with Crippen molar-refractivity contribution >= 4 is 10.8 Å². The highest BCUT2D eigenvalue weighted by molar-refractivity contribution is 7.86. The molecule has 0 radical (unpaired) electrons. The Kier molecular flexibility index (Phi) is 5.10. The molecule has 1 rings (SSSR count). The quantitative estimate of drug-likeness (QED) is 0.736. The van der Waals surface area contributed by atoms with Gasteiger partial charge in [-0.05, 0) is 19.3 Å². The maximum absolute atomic E-state index is 12.1. The van der Waals surface area contributed by atoms with E-state index in [-0.39, 0.29) is 11.3 Å². The Balaban J connectivity index is 2.58. The molecule has 0 saturated heterocycles. The molecular formula is C11H23NOS. The summed E-state index contributed by atoms with van der Waals surface area (Å²) in [5.74, 6) is 0. The Morgan fingerprint density at radius 3 is 2.64 bits per heavy atom. The molecule has 2 nitrogen and oxygen atoms in total. The molecule has 0 amide bonds. The van der Waals surface area contributed by atoms with Crippen molar-refractivity contribution in [2.24, 2.45) is 5.73 Å². The number of hydrogen-bond acceptors (Lipinski definition) is 2. The van der Waals surface area contributed by atoms with E-state index in [1.54, 1.807) is 0 Å². The summed E-state index contributed by atoms with van der Waals surface area (Å²) in [6.07, 6.45) is 6.82. The molecule has 84 valence electrons. The van der Waals surface area contributed by atoms with Gasteiger partial charge in [-0.1, -0.05) is 33.1 Å². The second-order valence-corrected chi connectivity index (χ2v) is 6.46. The molecule has 0 aliphatic heterocycles. The number of hydrogen-bond donors (Lipinski definition) is 1. The second-order valence-electron chi connectivity index (χ2n) is 4.39. The summed E-state index contributed by atoms with van der Waals surface area (Å²) < 4.78 is 12.1. The predicted molar refractivity (Wildman–Crippen MR) is 62.7 cm³/mol. The van der Waals surface area contributed by atoms with Crippen LogP contribution in [0.4, 0.5) is 0 Å². The first-order chi connectivity index (χ1) is 6.66. The molecule has 0 aromatic rings. The second kappa shape index (κ2) is 5.86. The fourth-order valence-corrected chi connectivity index (χ4v) is 3.86. The van der Waals surface area contributed by atoms with Gasteiger partial charge in [0.2, 0.25) is 0 Å². The lowest BCUT2D eigenvalue weighted by atomic mass is 10.1. The lowest BCUT2D eigenvalue weighted by Gasteiger charge is -2.23. The fraction of sp³-hybridized carbons (Fsp3) is 1.00. The average Bonchev–Trinajstić information content (AvgIpc) is 2.40. The lowest BCUT2D eigenvalue weighted by Crippen LogP contribution is -2.39. The van der Waals surface area contributed by atoms with Gasteiger partial charge >= 0.3 is 0 Å². The lowest BCUT2D eigenvalue weighted by molar-refractivity contribution is 0.569. The standard InChI is InChI=1S/C11H23NOS/c1-3-9(2)14(13)11-8-6-4-5-7-10(11)12/h9-11H,3-8,12H2,1-2H3. The van der Waals surface area contributed by atoms with Crippen LogP contribution in [-0.2, 0) is 10.8 Å². The molecule has 0 aromatic carbocycles. The maximum Gasteiger partial charge on any atom is 0.0501 e. The van der Waals surface area contributed by atoms with Gasteiger partial charge in [0.15, 0.2) is 0 Å². The molecule has 4 unspecified atom stereocenters. The summed E-state index contributed by atoms with van der Waals surface area (Å²) >= 11 is 0. The third kappa shape index (κ3) is 3.06. The van der Waals surface area contributed by atoms with Gasteiger partial charge in [0.25, 0.3) is 0 Å². The molecule has 0 aromatic heterocycles. The molecule has 3 heteroatoms. The van der Waals surface area contributed by atoms with Gasteiger partial charge in [0.1, 0.15) is 0 Å².